The van der Waals surface area contributed by atoms with E-state index < -0.39 is 6.09 Å². The maximum Gasteiger partial charge on any atom is 0.414 e. The maximum atomic E-state index is 11.5. The standard InChI is InChI=1S/C14H19NO4/c1-10(16)5-6-11-7-8-12(13(9-11)18-4)19-14(17)15(2)3/h7-9H,5-6H2,1-4H3. The molecule has 0 atom stereocenters. The average Bonchev–Trinajstić information content (AvgIpc) is 2.37. The maximum absolute atomic E-state index is 11.5. The van der Waals surface area contributed by atoms with E-state index in [1.807, 2.05) is 6.07 Å². The van der Waals surface area contributed by atoms with Crippen molar-refractivity contribution in [3.05, 3.63) is 23.8 Å². The number of benzene rings is 1. The first-order valence-corrected chi connectivity index (χ1v) is 5.99. The summed E-state index contributed by atoms with van der Waals surface area (Å²) in [5, 5.41) is 0. The van der Waals surface area contributed by atoms with Crippen LogP contribution in [0.2, 0.25) is 0 Å². The van der Waals surface area contributed by atoms with Gasteiger partial charge in [-0.15, -0.1) is 0 Å². The lowest BCUT2D eigenvalue weighted by molar-refractivity contribution is -0.116. The molecule has 19 heavy (non-hydrogen) atoms. The van der Waals surface area contributed by atoms with Crippen molar-refractivity contribution in [2.75, 3.05) is 21.2 Å². The summed E-state index contributed by atoms with van der Waals surface area (Å²) >= 11 is 0. The minimum Gasteiger partial charge on any atom is -0.493 e. The predicted octanol–water partition coefficient (Wildman–Crippen LogP) is 2.28. The molecule has 0 fully saturated rings. The van der Waals surface area contributed by atoms with Crippen molar-refractivity contribution in [1.29, 1.82) is 0 Å². The zero-order valence-corrected chi connectivity index (χ0v) is 11.7. The molecule has 1 aromatic rings. The Morgan fingerprint density at radius 3 is 2.42 bits per heavy atom. The van der Waals surface area contributed by atoms with Gasteiger partial charge in [-0.25, -0.2) is 4.79 Å². The fourth-order valence-corrected chi connectivity index (χ4v) is 1.46. The number of ether oxygens (including phenoxy) is 2. The third-order valence-electron chi connectivity index (χ3n) is 2.56. The summed E-state index contributed by atoms with van der Waals surface area (Å²) in [7, 11) is 4.73. The van der Waals surface area contributed by atoms with Crippen LogP contribution in [0.5, 0.6) is 11.5 Å². The number of ketones is 1. The lowest BCUT2D eigenvalue weighted by Crippen LogP contribution is -2.25. The number of aryl methyl sites for hydroxylation is 1. The third kappa shape index (κ3) is 4.62. The molecular weight excluding hydrogens is 246 g/mol. The van der Waals surface area contributed by atoms with Crippen molar-refractivity contribution in [1.82, 2.24) is 4.90 Å². The Labute approximate surface area is 113 Å². The van der Waals surface area contributed by atoms with Crippen LogP contribution in [-0.2, 0) is 11.2 Å². The normalized spacial score (nSPS) is 9.89. The van der Waals surface area contributed by atoms with Gasteiger partial charge in [0, 0.05) is 20.5 Å². The molecule has 1 amide bonds. The zero-order chi connectivity index (χ0) is 14.4. The van der Waals surface area contributed by atoms with E-state index in [4.69, 9.17) is 9.47 Å². The van der Waals surface area contributed by atoms with Crippen molar-refractivity contribution in [3.63, 3.8) is 0 Å². The van der Waals surface area contributed by atoms with Crippen LogP contribution in [0.15, 0.2) is 18.2 Å². The summed E-state index contributed by atoms with van der Waals surface area (Å²) in [6, 6.07) is 5.28. The quantitative estimate of drug-likeness (QED) is 0.819. The molecular formula is C14H19NO4. The Morgan fingerprint density at radius 2 is 1.89 bits per heavy atom. The molecule has 0 unspecified atom stereocenters. The van der Waals surface area contributed by atoms with E-state index in [1.54, 1.807) is 33.2 Å². The van der Waals surface area contributed by atoms with Gasteiger partial charge in [0.25, 0.3) is 0 Å². The summed E-state index contributed by atoms with van der Waals surface area (Å²) in [5.74, 6) is 0.992. The lowest BCUT2D eigenvalue weighted by atomic mass is 10.1. The van der Waals surface area contributed by atoms with Gasteiger partial charge in [0.1, 0.15) is 5.78 Å². The molecule has 0 N–H and O–H groups in total. The molecule has 0 aliphatic carbocycles. The van der Waals surface area contributed by atoms with Gasteiger partial charge in [-0.05, 0) is 31.0 Å². The van der Waals surface area contributed by atoms with Gasteiger partial charge in [0.15, 0.2) is 11.5 Å². The van der Waals surface area contributed by atoms with E-state index >= 15 is 0 Å². The molecule has 5 nitrogen and oxygen atoms in total. The highest BCUT2D eigenvalue weighted by Crippen LogP contribution is 2.28. The van der Waals surface area contributed by atoms with Crippen molar-refractivity contribution >= 4 is 11.9 Å². The monoisotopic (exact) mass is 265 g/mol. The predicted molar refractivity (Wildman–Crippen MR) is 71.7 cm³/mol. The molecule has 104 valence electrons. The average molecular weight is 265 g/mol. The van der Waals surface area contributed by atoms with Crippen LogP contribution in [0.4, 0.5) is 4.79 Å². The highest BCUT2D eigenvalue weighted by Gasteiger charge is 2.12. The summed E-state index contributed by atoms with van der Waals surface area (Å²) in [6.45, 7) is 1.56. The molecule has 0 saturated heterocycles. The lowest BCUT2D eigenvalue weighted by Gasteiger charge is -2.14. The number of amides is 1. The first kappa shape index (κ1) is 15.0. The number of methoxy groups -OCH3 is 1. The van der Waals surface area contributed by atoms with Gasteiger partial charge in [0.05, 0.1) is 7.11 Å². The van der Waals surface area contributed by atoms with Crippen LogP contribution in [0.25, 0.3) is 0 Å². The first-order chi connectivity index (χ1) is 8.93. The summed E-state index contributed by atoms with van der Waals surface area (Å²) in [5.41, 5.74) is 0.969. The molecule has 0 spiro atoms. The zero-order valence-electron chi connectivity index (χ0n) is 11.7. The first-order valence-electron chi connectivity index (χ1n) is 5.99. The van der Waals surface area contributed by atoms with Crippen LogP contribution < -0.4 is 9.47 Å². The molecule has 0 bridgehead atoms. The molecule has 0 aliphatic rings. The van der Waals surface area contributed by atoms with Gasteiger partial charge in [-0.1, -0.05) is 6.07 Å². The highest BCUT2D eigenvalue weighted by atomic mass is 16.6. The SMILES string of the molecule is COc1cc(CCC(C)=O)ccc1OC(=O)N(C)C. The van der Waals surface area contributed by atoms with Crippen molar-refractivity contribution in [2.45, 2.75) is 19.8 Å². The van der Waals surface area contributed by atoms with Crippen molar-refractivity contribution in [3.8, 4) is 11.5 Å². The van der Waals surface area contributed by atoms with E-state index in [9.17, 15) is 9.59 Å². The summed E-state index contributed by atoms with van der Waals surface area (Å²) in [6.07, 6.45) is 0.669. The second-order valence-corrected chi connectivity index (χ2v) is 4.45. The Kier molecular flexibility index (Phi) is 5.36. The minimum atomic E-state index is -0.463. The van der Waals surface area contributed by atoms with Crippen LogP contribution >= 0.6 is 0 Å². The smallest absolute Gasteiger partial charge is 0.414 e. The second kappa shape index (κ2) is 6.78. The van der Waals surface area contributed by atoms with E-state index in [-0.39, 0.29) is 5.78 Å². The molecule has 1 aromatic carbocycles. The van der Waals surface area contributed by atoms with Crippen LogP contribution in [0.1, 0.15) is 18.9 Å². The Hall–Kier alpha value is -2.04. The van der Waals surface area contributed by atoms with Crippen molar-refractivity contribution in [2.24, 2.45) is 0 Å². The second-order valence-electron chi connectivity index (χ2n) is 4.45. The number of rotatable bonds is 5. The Morgan fingerprint density at radius 1 is 1.21 bits per heavy atom. The van der Waals surface area contributed by atoms with Gasteiger partial charge < -0.3 is 19.2 Å². The topological polar surface area (TPSA) is 55.8 Å². The van der Waals surface area contributed by atoms with Gasteiger partial charge in [-0.2, -0.15) is 0 Å². The summed E-state index contributed by atoms with van der Waals surface area (Å²) in [4.78, 5) is 23.8. The molecule has 0 aliphatic heterocycles. The molecule has 0 heterocycles. The van der Waals surface area contributed by atoms with Crippen LogP contribution in [-0.4, -0.2) is 38.0 Å². The van der Waals surface area contributed by atoms with Gasteiger partial charge >= 0.3 is 6.09 Å². The number of nitrogens with zero attached hydrogens (tertiary/aromatic N) is 1. The number of carbonyl (C=O) groups excluding carboxylic acids is 2. The third-order valence-corrected chi connectivity index (χ3v) is 2.56. The Balaban J connectivity index is 2.84. The van der Waals surface area contributed by atoms with Crippen LogP contribution in [0.3, 0.4) is 0 Å². The largest absolute Gasteiger partial charge is 0.493 e. The van der Waals surface area contributed by atoms with E-state index in [0.717, 1.165) is 5.56 Å². The highest BCUT2D eigenvalue weighted by molar-refractivity contribution is 5.75. The van der Waals surface area contributed by atoms with Crippen molar-refractivity contribution < 1.29 is 19.1 Å². The number of Topliss-reactive ketones (excluding diaryl/α,β-unsaturated/α-hetero) is 1. The number of hydrogen-bond donors (Lipinski definition) is 0. The molecule has 0 aromatic heterocycles. The molecule has 5 heteroatoms. The summed E-state index contributed by atoms with van der Waals surface area (Å²) < 4.78 is 10.4. The molecule has 1 rings (SSSR count). The van der Waals surface area contributed by atoms with Crippen LogP contribution in [0, 0.1) is 0 Å². The minimum absolute atomic E-state index is 0.141. The van der Waals surface area contributed by atoms with Gasteiger partial charge in [0.2, 0.25) is 0 Å². The fourth-order valence-electron chi connectivity index (χ4n) is 1.46. The van der Waals surface area contributed by atoms with E-state index in [2.05, 4.69) is 0 Å². The van der Waals surface area contributed by atoms with E-state index in [1.165, 1.54) is 12.0 Å². The Bertz CT molecular complexity index is 469. The van der Waals surface area contributed by atoms with E-state index in [0.29, 0.717) is 24.3 Å². The van der Waals surface area contributed by atoms with Gasteiger partial charge in [-0.3, -0.25) is 0 Å². The molecule has 0 radical (unpaired) electrons. The fraction of sp³-hybridized carbons (Fsp3) is 0.429. The number of carbonyl (C=O) groups is 2. The molecule has 0 saturated carbocycles. The number of hydrogen-bond acceptors (Lipinski definition) is 4.